The largest absolute Gasteiger partial charge is 0.485 e. The van der Waals surface area contributed by atoms with E-state index in [1.165, 1.54) is 12.1 Å². The first-order valence-electron chi connectivity index (χ1n) is 6.91. The number of carbonyl (C=O) groups excluding carboxylic acids is 1. The Hall–Kier alpha value is -2.10. The molecule has 2 aromatic rings. The van der Waals surface area contributed by atoms with Crippen molar-refractivity contribution in [1.29, 1.82) is 0 Å². The van der Waals surface area contributed by atoms with E-state index in [2.05, 4.69) is 21.4 Å². The van der Waals surface area contributed by atoms with Crippen molar-refractivity contribution in [2.75, 3.05) is 6.61 Å². The summed E-state index contributed by atoms with van der Waals surface area (Å²) in [5.41, 5.74) is 2.14. The monoisotopic (exact) mass is 412 g/mol. The second-order valence-electron chi connectivity index (χ2n) is 4.91. The molecule has 0 saturated heterocycles. The van der Waals surface area contributed by atoms with Gasteiger partial charge in [-0.15, -0.1) is 4.83 Å². The first kappa shape index (κ1) is 16.7. The van der Waals surface area contributed by atoms with Crippen LogP contribution in [0, 0.1) is 0 Å². The number of halogens is 1. The molecule has 2 N–H and O–H groups in total. The molecule has 126 valence electrons. The predicted molar refractivity (Wildman–Crippen MR) is 89.0 cm³/mol. The molecule has 1 atom stereocenters. The van der Waals surface area contributed by atoms with E-state index in [9.17, 15) is 13.2 Å². The van der Waals surface area contributed by atoms with E-state index in [1.807, 2.05) is 4.83 Å². The van der Waals surface area contributed by atoms with Gasteiger partial charge in [-0.3, -0.25) is 10.2 Å². The molecule has 0 fully saturated rings. The summed E-state index contributed by atoms with van der Waals surface area (Å²) >= 11 is 3.22. The van der Waals surface area contributed by atoms with Crippen molar-refractivity contribution < 1.29 is 22.7 Å². The van der Waals surface area contributed by atoms with E-state index in [0.717, 1.165) is 4.47 Å². The van der Waals surface area contributed by atoms with Gasteiger partial charge in [0.2, 0.25) is 6.10 Å². The number of sulfonamides is 1. The lowest BCUT2D eigenvalue weighted by atomic mass is 10.2. The Bertz CT molecular complexity index is 854. The Labute approximate surface area is 147 Å². The Morgan fingerprint density at radius 1 is 1.08 bits per heavy atom. The van der Waals surface area contributed by atoms with E-state index in [4.69, 9.17) is 9.47 Å². The summed E-state index contributed by atoms with van der Waals surface area (Å²) in [6, 6.07) is 12.9. The highest BCUT2D eigenvalue weighted by atomic mass is 79.9. The third-order valence-electron chi connectivity index (χ3n) is 3.23. The van der Waals surface area contributed by atoms with Crippen molar-refractivity contribution in [2.24, 2.45) is 0 Å². The molecular formula is C15H13BrN2O5S. The topological polar surface area (TPSA) is 93.7 Å². The van der Waals surface area contributed by atoms with Crippen molar-refractivity contribution >= 4 is 31.9 Å². The number of hydrazine groups is 1. The number of ether oxygens (including phenoxy) is 2. The van der Waals surface area contributed by atoms with Gasteiger partial charge in [-0.05, 0) is 36.4 Å². The van der Waals surface area contributed by atoms with Crippen LogP contribution in [-0.4, -0.2) is 27.0 Å². The molecule has 24 heavy (non-hydrogen) atoms. The van der Waals surface area contributed by atoms with Crippen molar-refractivity contribution in [3.8, 4) is 11.5 Å². The molecule has 0 radical (unpaired) electrons. The van der Waals surface area contributed by atoms with Gasteiger partial charge in [0.1, 0.15) is 6.61 Å². The molecule has 0 aliphatic carbocycles. The molecule has 0 unspecified atom stereocenters. The minimum atomic E-state index is -3.87. The molecule has 2 aromatic carbocycles. The third-order valence-corrected chi connectivity index (χ3v) is 5.03. The van der Waals surface area contributed by atoms with Crippen LogP contribution in [0.15, 0.2) is 57.9 Å². The highest BCUT2D eigenvalue weighted by Crippen LogP contribution is 2.30. The molecule has 7 nitrogen and oxygen atoms in total. The highest BCUT2D eigenvalue weighted by molar-refractivity contribution is 9.10. The van der Waals surface area contributed by atoms with Gasteiger partial charge >= 0.3 is 0 Å². The quantitative estimate of drug-likeness (QED) is 0.743. The van der Waals surface area contributed by atoms with Gasteiger partial charge < -0.3 is 9.47 Å². The van der Waals surface area contributed by atoms with Gasteiger partial charge in [0.25, 0.3) is 15.9 Å². The average Bonchev–Trinajstić information content (AvgIpc) is 2.59. The number of fused-ring (bicyclic) bond motifs is 1. The van der Waals surface area contributed by atoms with Gasteiger partial charge in [-0.25, -0.2) is 8.42 Å². The zero-order chi connectivity index (χ0) is 17.2. The van der Waals surface area contributed by atoms with Gasteiger partial charge in [-0.1, -0.05) is 28.1 Å². The number of hydrogen-bond acceptors (Lipinski definition) is 5. The summed E-state index contributed by atoms with van der Waals surface area (Å²) in [4.78, 5) is 14.2. The van der Waals surface area contributed by atoms with Crippen LogP contribution in [0.1, 0.15) is 0 Å². The smallest absolute Gasteiger partial charge is 0.279 e. The van der Waals surface area contributed by atoms with Crippen molar-refractivity contribution in [1.82, 2.24) is 10.3 Å². The molecule has 1 aliphatic rings. The summed E-state index contributed by atoms with van der Waals surface area (Å²) < 4.78 is 35.9. The van der Waals surface area contributed by atoms with Crippen LogP contribution in [0.4, 0.5) is 0 Å². The maximum Gasteiger partial charge on any atom is 0.279 e. The number of amides is 1. The maximum absolute atomic E-state index is 12.1. The van der Waals surface area contributed by atoms with Crippen LogP contribution in [0.3, 0.4) is 0 Å². The maximum atomic E-state index is 12.1. The molecule has 0 spiro atoms. The summed E-state index contributed by atoms with van der Waals surface area (Å²) in [5.74, 6) is 0.321. The predicted octanol–water partition coefficient (Wildman–Crippen LogP) is 1.60. The van der Waals surface area contributed by atoms with Crippen LogP contribution in [-0.2, 0) is 14.8 Å². The number of carbonyl (C=O) groups is 1. The molecule has 3 rings (SSSR count). The van der Waals surface area contributed by atoms with Crippen LogP contribution in [0.25, 0.3) is 0 Å². The zero-order valence-corrected chi connectivity index (χ0v) is 14.6. The van der Waals surface area contributed by atoms with E-state index < -0.39 is 22.0 Å². The molecule has 1 amide bonds. The molecule has 0 saturated carbocycles. The fourth-order valence-electron chi connectivity index (χ4n) is 2.02. The standard InChI is InChI=1S/C15H13BrN2O5S/c16-10-5-7-11(8-6-10)24(20,21)18-17-15(19)14-9-22-12-3-1-2-4-13(12)23-14/h1-8,14,18H,9H2,(H,17,19)/t14-/m0/s1. The lowest BCUT2D eigenvalue weighted by Gasteiger charge is -2.25. The van der Waals surface area contributed by atoms with Gasteiger partial charge in [-0.2, -0.15) is 0 Å². The van der Waals surface area contributed by atoms with Crippen LogP contribution >= 0.6 is 15.9 Å². The fraction of sp³-hybridized carbons (Fsp3) is 0.133. The summed E-state index contributed by atoms with van der Waals surface area (Å²) in [6.07, 6.45) is -0.951. The number of rotatable bonds is 4. The molecule has 1 aliphatic heterocycles. The minimum absolute atomic E-state index is 0.0111. The Morgan fingerprint density at radius 2 is 1.75 bits per heavy atom. The van der Waals surface area contributed by atoms with Crippen molar-refractivity contribution in [2.45, 2.75) is 11.0 Å². The van der Waals surface area contributed by atoms with Crippen LogP contribution < -0.4 is 19.7 Å². The molecule has 1 heterocycles. The van der Waals surface area contributed by atoms with E-state index in [1.54, 1.807) is 36.4 Å². The first-order valence-corrected chi connectivity index (χ1v) is 9.19. The molecule has 0 bridgehead atoms. The summed E-state index contributed by atoms with van der Waals surface area (Å²) in [6.45, 7) is -0.0111. The SMILES string of the molecule is O=C(NNS(=O)(=O)c1ccc(Br)cc1)[C@@H]1COc2ccccc2O1. The van der Waals surface area contributed by atoms with E-state index >= 15 is 0 Å². The number of hydrogen-bond donors (Lipinski definition) is 2. The summed E-state index contributed by atoms with van der Waals surface area (Å²) in [5, 5.41) is 0. The van der Waals surface area contributed by atoms with Gasteiger partial charge in [0.05, 0.1) is 4.90 Å². The lowest BCUT2D eigenvalue weighted by molar-refractivity contribution is -0.130. The number of para-hydroxylation sites is 2. The summed E-state index contributed by atoms with van der Waals surface area (Å²) in [7, 11) is -3.87. The molecule has 0 aromatic heterocycles. The molecular weight excluding hydrogens is 400 g/mol. The lowest BCUT2D eigenvalue weighted by Crippen LogP contribution is -2.50. The van der Waals surface area contributed by atoms with Gasteiger partial charge in [0, 0.05) is 4.47 Å². The van der Waals surface area contributed by atoms with Crippen molar-refractivity contribution in [3.63, 3.8) is 0 Å². The minimum Gasteiger partial charge on any atom is -0.485 e. The first-order chi connectivity index (χ1) is 11.5. The number of nitrogens with one attached hydrogen (secondary N) is 2. The van der Waals surface area contributed by atoms with E-state index in [0.29, 0.717) is 11.5 Å². The second-order valence-corrected chi connectivity index (χ2v) is 7.51. The molecule has 9 heteroatoms. The van der Waals surface area contributed by atoms with E-state index in [-0.39, 0.29) is 11.5 Å². The second kappa shape index (κ2) is 6.80. The Kier molecular flexibility index (Phi) is 4.74. The van der Waals surface area contributed by atoms with Crippen LogP contribution in [0.2, 0.25) is 0 Å². The normalized spacial score (nSPS) is 16.5. The Balaban J connectivity index is 1.63. The van der Waals surface area contributed by atoms with Crippen molar-refractivity contribution in [3.05, 3.63) is 53.0 Å². The average molecular weight is 413 g/mol. The fourth-order valence-corrected chi connectivity index (χ4v) is 3.13. The third kappa shape index (κ3) is 3.69. The van der Waals surface area contributed by atoms with Crippen LogP contribution in [0.5, 0.6) is 11.5 Å². The Morgan fingerprint density at radius 3 is 2.46 bits per heavy atom. The highest BCUT2D eigenvalue weighted by Gasteiger charge is 2.28. The van der Waals surface area contributed by atoms with Gasteiger partial charge in [0.15, 0.2) is 11.5 Å². The zero-order valence-electron chi connectivity index (χ0n) is 12.2. The number of benzene rings is 2.